The van der Waals surface area contributed by atoms with Crippen LogP contribution in [-0.4, -0.2) is 68.3 Å². The second kappa shape index (κ2) is 8.10. The highest BCUT2D eigenvalue weighted by atomic mass is 32.1. The number of thiazole rings is 1. The van der Waals surface area contributed by atoms with E-state index in [4.69, 9.17) is 9.47 Å². The first-order chi connectivity index (χ1) is 13.2. The van der Waals surface area contributed by atoms with E-state index in [1.165, 1.54) is 23.7 Å². The molecule has 1 N–H and O–H groups in total. The van der Waals surface area contributed by atoms with Crippen molar-refractivity contribution in [1.82, 2.24) is 15.2 Å². The lowest BCUT2D eigenvalue weighted by molar-refractivity contribution is -0.122. The average Bonchev–Trinajstić information content (AvgIpc) is 3.15. The quantitative estimate of drug-likeness (QED) is 0.833. The molecule has 1 fully saturated rings. The number of hydrogen-bond acceptors (Lipinski definition) is 7. The Kier molecular flexibility index (Phi) is 5.40. The Hall–Kier alpha value is -2.39. The topological polar surface area (TPSA) is 66.9 Å². The lowest BCUT2D eigenvalue weighted by atomic mass is 10.3. The number of halogens is 1. The number of para-hydroxylation sites is 1. The van der Waals surface area contributed by atoms with Crippen molar-refractivity contribution in [3.63, 3.8) is 0 Å². The molecular formula is C18H21FN4O3S. The maximum absolute atomic E-state index is 13.8. The average molecular weight is 392 g/mol. The molecule has 0 unspecified atom stereocenters. The van der Waals surface area contributed by atoms with Gasteiger partial charge >= 0.3 is 0 Å². The minimum absolute atomic E-state index is 0.231. The van der Waals surface area contributed by atoms with Crippen molar-refractivity contribution in [2.75, 3.05) is 57.4 Å². The van der Waals surface area contributed by atoms with Gasteiger partial charge in [-0.1, -0.05) is 17.4 Å². The number of nitrogens with zero attached hydrogens (tertiary/aromatic N) is 3. The molecule has 0 radical (unpaired) electrons. The predicted molar refractivity (Wildman–Crippen MR) is 101 cm³/mol. The Morgan fingerprint density at radius 1 is 1.26 bits per heavy atom. The number of piperazine rings is 1. The molecule has 1 amide bonds. The fourth-order valence-electron chi connectivity index (χ4n) is 3.10. The highest BCUT2D eigenvalue weighted by Gasteiger charge is 2.21. The van der Waals surface area contributed by atoms with Crippen molar-refractivity contribution in [2.24, 2.45) is 0 Å². The molecule has 7 nitrogen and oxygen atoms in total. The van der Waals surface area contributed by atoms with Gasteiger partial charge < -0.3 is 19.7 Å². The normalized spacial score (nSPS) is 18.0. The highest BCUT2D eigenvalue weighted by molar-refractivity contribution is 7.22. The van der Waals surface area contributed by atoms with Gasteiger partial charge in [0, 0.05) is 39.3 Å². The molecule has 0 spiro atoms. The summed E-state index contributed by atoms with van der Waals surface area (Å²) in [4.78, 5) is 20.9. The summed E-state index contributed by atoms with van der Waals surface area (Å²) in [5.41, 5.74) is 0.450. The maximum atomic E-state index is 13.8. The Balaban J connectivity index is 1.24. The number of ether oxygens (including phenoxy) is 2. The van der Waals surface area contributed by atoms with Crippen molar-refractivity contribution in [1.29, 1.82) is 0 Å². The zero-order valence-electron chi connectivity index (χ0n) is 14.8. The van der Waals surface area contributed by atoms with E-state index in [1.807, 2.05) is 6.07 Å². The van der Waals surface area contributed by atoms with E-state index in [2.05, 4.69) is 20.1 Å². The first-order valence-corrected chi connectivity index (χ1v) is 9.77. The number of anilines is 1. The number of nitrogens with one attached hydrogen (secondary N) is 1. The van der Waals surface area contributed by atoms with Crippen LogP contribution in [0, 0.1) is 5.82 Å². The molecule has 1 aromatic heterocycles. The summed E-state index contributed by atoms with van der Waals surface area (Å²) < 4.78 is 25.0. The number of rotatable bonds is 5. The fraction of sp³-hybridized carbons (Fsp3) is 0.444. The summed E-state index contributed by atoms with van der Waals surface area (Å²) in [6.07, 6.45) is 1.36. The van der Waals surface area contributed by atoms with E-state index in [0.717, 1.165) is 42.6 Å². The van der Waals surface area contributed by atoms with E-state index in [-0.39, 0.29) is 17.5 Å². The molecule has 1 aromatic carbocycles. The molecule has 144 valence electrons. The molecule has 2 aromatic rings. The molecular weight excluding hydrogens is 371 g/mol. The monoisotopic (exact) mass is 392 g/mol. The van der Waals surface area contributed by atoms with Crippen molar-refractivity contribution >= 4 is 32.6 Å². The van der Waals surface area contributed by atoms with E-state index < -0.39 is 0 Å². The first kappa shape index (κ1) is 18.0. The number of hydrogen-bond donors (Lipinski definition) is 1. The summed E-state index contributed by atoms with van der Waals surface area (Å²) >= 11 is 1.52. The zero-order chi connectivity index (χ0) is 18.6. The van der Waals surface area contributed by atoms with Gasteiger partial charge in [-0.25, -0.2) is 9.37 Å². The van der Waals surface area contributed by atoms with Gasteiger partial charge in [0.1, 0.15) is 30.8 Å². The summed E-state index contributed by atoms with van der Waals surface area (Å²) in [6.45, 7) is 5.59. The number of carbonyl (C=O) groups is 1. The predicted octanol–water partition coefficient (Wildman–Crippen LogP) is 1.56. The molecule has 4 rings (SSSR count). The lowest BCUT2D eigenvalue weighted by Gasteiger charge is -2.34. The van der Waals surface area contributed by atoms with Crippen LogP contribution in [0.2, 0.25) is 0 Å². The molecule has 2 aliphatic heterocycles. The van der Waals surface area contributed by atoms with Gasteiger partial charge in [0.2, 0.25) is 5.76 Å². The van der Waals surface area contributed by atoms with Crippen LogP contribution in [0.4, 0.5) is 9.52 Å². The summed E-state index contributed by atoms with van der Waals surface area (Å²) in [5.74, 6) is -0.286. The van der Waals surface area contributed by atoms with Gasteiger partial charge in [-0.15, -0.1) is 0 Å². The van der Waals surface area contributed by atoms with Crippen molar-refractivity contribution in [3.8, 4) is 0 Å². The third-order valence-electron chi connectivity index (χ3n) is 4.59. The third kappa shape index (κ3) is 4.14. The van der Waals surface area contributed by atoms with Crippen LogP contribution < -0.4 is 10.2 Å². The van der Waals surface area contributed by atoms with Crippen LogP contribution >= 0.6 is 11.3 Å². The Morgan fingerprint density at radius 2 is 2.11 bits per heavy atom. The number of carbonyl (C=O) groups excluding carboxylic acids is 1. The minimum atomic E-state index is -0.271. The van der Waals surface area contributed by atoms with Gasteiger partial charge in [0.05, 0.1) is 4.70 Å². The van der Waals surface area contributed by atoms with Gasteiger partial charge in [-0.2, -0.15) is 0 Å². The van der Waals surface area contributed by atoms with Gasteiger partial charge in [0.25, 0.3) is 5.91 Å². The highest BCUT2D eigenvalue weighted by Crippen LogP contribution is 2.30. The van der Waals surface area contributed by atoms with Gasteiger partial charge in [-0.05, 0) is 12.1 Å². The molecule has 2 aliphatic rings. The standard InChI is InChI=1S/C18H21FN4O3S/c19-13-2-1-3-15-16(13)21-18(27-15)23-8-6-22(7-9-23)5-4-20-17(24)14-12-25-10-11-26-14/h1-3,12H,4-11H2,(H,20,24). The van der Waals surface area contributed by atoms with Crippen LogP contribution in [0.25, 0.3) is 10.2 Å². The zero-order valence-corrected chi connectivity index (χ0v) is 15.6. The van der Waals surface area contributed by atoms with Gasteiger partial charge in [0.15, 0.2) is 5.13 Å². The van der Waals surface area contributed by atoms with Crippen LogP contribution in [0.15, 0.2) is 30.2 Å². The van der Waals surface area contributed by atoms with Crippen LogP contribution in [0.5, 0.6) is 0 Å². The number of fused-ring (bicyclic) bond motifs is 1. The second-order valence-corrected chi connectivity index (χ2v) is 7.38. The summed E-state index contributed by atoms with van der Waals surface area (Å²) in [5, 5.41) is 3.71. The summed E-state index contributed by atoms with van der Waals surface area (Å²) in [7, 11) is 0. The van der Waals surface area contributed by atoms with Crippen LogP contribution in [0.1, 0.15) is 0 Å². The van der Waals surface area contributed by atoms with Crippen molar-refractivity contribution < 1.29 is 18.7 Å². The molecule has 3 heterocycles. The Bertz CT molecular complexity index is 848. The van der Waals surface area contributed by atoms with Crippen molar-refractivity contribution in [3.05, 3.63) is 36.0 Å². The van der Waals surface area contributed by atoms with E-state index >= 15 is 0 Å². The molecule has 0 saturated carbocycles. The fourth-order valence-corrected chi connectivity index (χ4v) is 4.14. The van der Waals surface area contributed by atoms with Gasteiger partial charge in [-0.3, -0.25) is 9.69 Å². The van der Waals surface area contributed by atoms with E-state index in [0.29, 0.717) is 25.3 Å². The number of amides is 1. The summed E-state index contributed by atoms with van der Waals surface area (Å²) in [6, 6.07) is 5.06. The Labute approximate surface area is 160 Å². The van der Waals surface area contributed by atoms with Crippen LogP contribution in [-0.2, 0) is 14.3 Å². The molecule has 9 heteroatoms. The number of aromatic nitrogens is 1. The third-order valence-corrected chi connectivity index (χ3v) is 5.67. The Morgan fingerprint density at radius 3 is 2.85 bits per heavy atom. The smallest absolute Gasteiger partial charge is 0.289 e. The van der Waals surface area contributed by atoms with E-state index in [1.54, 1.807) is 6.07 Å². The van der Waals surface area contributed by atoms with E-state index in [9.17, 15) is 9.18 Å². The number of benzene rings is 1. The van der Waals surface area contributed by atoms with Crippen LogP contribution in [0.3, 0.4) is 0 Å². The molecule has 0 bridgehead atoms. The molecule has 0 atom stereocenters. The molecule has 0 aliphatic carbocycles. The maximum Gasteiger partial charge on any atom is 0.289 e. The second-order valence-electron chi connectivity index (χ2n) is 6.37. The lowest BCUT2D eigenvalue weighted by Crippen LogP contribution is -2.48. The molecule has 1 saturated heterocycles. The SMILES string of the molecule is O=C(NCCN1CCN(c2nc3c(F)cccc3s2)CC1)C1=COCCO1. The first-order valence-electron chi connectivity index (χ1n) is 8.96. The molecule has 27 heavy (non-hydrogen) atoms. The van der Waals surface area contributed by atoms with Crippen molar-refractivity contribution in [2.45, 2.75) is 0 Å². The largest absolute Gasteiger partial charge is 0.494 e. The minimum Gasteiger partial charge on any atom is -0.494 e.